The van der Waals surface area contributed by atoms with Gasteiger partial charge in [0.2, 0.25) is 0 Å². The van der Waals surface area contributed by atoms with Crippen LogP contribution >= 0.6 is 31.9 Å². The number of alkyl halides is 2. The average molecular weight is 406 g/mol. The molecule has 0 radical (unpaired) electrons. The molecule has 0 amide bonds. The third kappa shape index (κ3) is 6.17. The summed E-state index contributed by atoms with van der Waals surface area (Å²) in [5.74, 6) is 1.07. The van der Waals surface area contributed by atoms with E-state index in [1.54, 1.807) is 0 Å². The van der Waals surface area contributed by atoms with Crippen LogP contribution in [0.25, 0.3) is 0 Å². The van der Waals surface area contributed by atoms with Gasteiger partial charge in [-0.25, -0.2) is 0 Å². The van der Waals surface area contributed by atoms with E-state index in [-0.39, 0.29) is 0 Å². The maximum absolute atomic E-state index is 6.05. The van der Waals surface area contributed by atoms with Crippen molar-refractivity contribution >= 4 is 31.9 Å². The van der Waals surface area contributed by atoms with E-state index in [2.05, 4.69) is 57.8 Å². The number of aryl methyl sites for hydroxylation is 1. The zero-order chi connectivity index (χ0) is 14.8. The summed E-state index contributed by atoms with van der Waals surface area (Å²) in [6.45, 7) is 5.22. The van der Waals surface area contributed by atoms with Crippen LogP contribution < -0.4 is 4.74 Å². The van der Waals surface area contributed by atoms with Crippen LogP contribution in [-0.4, -0.2) is 6.61 Å². The number of halogens is 2. The summed E-state index contributed by atoms with van der Waals surface area (Å²) in [6, 6.07) is 4.41. The van der Waals surface area contributed by atoms with Crippen LogP contribution in [0.3, 0.4) is 0 Å². The van der Waals surface area contributed by atoms with Gasteiger partial charge in [0.15, 0.2) is 0 Å². The molecule has 0 unspecified atom stereocenters. The SMILES string of the molecule is CCCCCCCCOc1c(CBr)cc(C)cc1CBr. The molecule has 0 atom stereocenters. The first-order valence-corrected chi connectivity index (χ1v) is 9.84. The van der Waals surface area contributed by atoms with Gasteiger partial charge < -0.3 is 4.74 Å². The maximum Gasteiger partial charge on any atom is 0.127 e. The molecular weight excluding hydrogens is 380 g/mol. The van der Waals surface area contributed by atoms with Gasteiger partial charge in [0.05, 0.1) is 6.61 Å². The summed E-state index contributed by atoms with van der Waals surface area (Å²) >= 11 is 7.12. The molecule has 114 valence electrons. The topological polar surface area (TPSA) is 9.23 Å². The number of ether oxygens (including phenoxy) is 1. The van der Waals surface area contributed by atoms with Gasteiger partial charge in [-0.2, -0.15) is 0 Å². The largest absolute Gasteiger partial charge is 0.493 e. The number of hydrogen-bond acceptors (Lipinski definition) is 1. The van der Waals surface area contributed by atoms with Crippen molar-refractivity contribution in [3.63, 3.8) is 0 Å². The lowest BCUT2D eigenvalue weighted by Gasteiger charge is -2.15. The van der Waals surface area contributed by atoms with Gasteiger partial charge >= 0.3 is 0 Å². The highest BCUT2D eigenvalue weighted by molar-refractivity contribution is 9.08. The fourth-order valence-corrected chi connectivity index (χ4v) is 3.20. The lowest BCUT2D eigenvalue weighted by atomic mass is 10.1. The van der Waals surface area contributed by atoms with Crippen LogP contribution in [0.15, 0.2) is 12.1 Å². The second-order valence-corrected chi connectivity index (χ2v) is 6.42. The van der Waals surface area contributed by atoms with Crippen molar-refractivity contribution in [2.45, 2.75) is 63.0 Å². The Bertz CT molecular complexity index is 366. The standard InChI is InChI=1S/C17H26Br2O/c1-3-4-5-6-7-8-9-20-17-15(12-18)10-14(2)11-16(17)13-19/h10-11H,3-9,12-13H2,1-2H3. The van der Waals surface area contributed by atoms with Crippen molar-refractivity contribution in [3.8, 4) is 5.75 Å². The molecule has 1 aromatic carbocycles. The van der Waals surface area contributed by atoms with Crippen LogP contribution in [0.5, 0.6) is 5.75 Å². The maximum atomic E-state index is 6.05. The smallest absolute Gasteiger partial charge is 0.127 e. The highest BCUT2D eigenvalue weighted by Gasteiger charge is 2.09. The monoisotopic (exact) mass is 404 g/mol. The Balaban J connectivity index is 2.46. The van der Waals surface area contributed by atoms with Crippen molar-refractivity contribution in [2.75, 3.05) is 6.61 Å². The Morgan fingerprint density at radius 1 is 0.900 bits per heavy atom. The highest BCUT2D eigenvalue weighted by Crippen LogP contribution is 2.30. The second-order valence-electron chi connectivity index (χ2n) is 5.30. The lowest BCUT2D eigenvalue weighted by Crippen LogP contribution is -2.03. The van der Waals surface area contributed by atoms with E-state index in [0.717, 1.165) is 29.4 Å². The molecule has 0 saturated heterocycles. The van der Waals surface area contributed by atoms with Crippen molar-refractivity contribution in [1.82, 2.24) is 0 Å². The van der Waals surface area contributed by atoms with Crippen LogP contribution in [0, 0.1) is 6.92 Å². The zero-order valence-electron chi connectivity index (χ0n) is 12.7. The molecule has 20 heavy (non-hydrogen) atoms. The van der Waals surface area contributed by atoms with Crippen LogP contribution in [0.2, 0.25) is 0 Å². The Morgan fingerprint density at radius 2 is 1.45 bits per heavy atom. The third-order valence-electron chi connectivity index (χ3n) is 3.42. The minimum absolute atomic E-state index is 0.829. The molecule has 0 spiro atoms. The number of hydrogen-bond donors (Lipinski definition) is 0. The van der Waals surface area contributed by atoms with Crippen LogP contribution in [-0.2, 0) is 10.7 Å². The van der Waals surface area contributed by atoms with E-state index in [1.165, 1.54) is 48.8 Å². The zero-order valence-corrected chi connectivity index (χ0v) is 15.9. The van der Waals surface area contributed by atoms with Gasteiger partial charge in [0.1, 0.15) is 5.75 Å². The normalized spacial score (nSPS) is 10.8. The van der Waals surface area contributed by atoms with Crippen LogP contribution in [0.1, 0.15) is 62.1 Å². The van der Waals surface area contributed by atoms with E-state index in [9.17, 15) is 0 Å². The summed E-state index contributed by atoms with van der Waals surface area (Å²) in [5.41, 5.74) is 3.80. The quantitative estimate of drug-likeness (QED) is 0.317. The Morgan fingerprint density at radius 3 is 2.00 bits per heavy atom. The number of benzene rings is 1. The summed E-state index contributed by atoms with van der Waals surface area (Å²) in [5, 5.41) is 1.70. The molecule has 0 aliphatic rings. The minimum Gasteiger partial charge on any atom is -0.493 e. The van der Waals surface area contributed by atoms with E-state index in [1.807, 2.05) is 0 Å². The second kappa shape index (κ2) is 10.7. The molecule has 0 aliphatic carbocycles. The molecule has 1 nitrogen and oxygen atoms in total. The molecule has 1 rings (SSSR count). The summed E-state index contributed by atoms with van der Waals surface area (Å²) in [6.07, 6.45) is 7.80. The van der Waals surface area contributed by atoms with E-state index in [0.29, 0.717) is 0 Å². The van der Waals surface area contributed by atoms with Gasteiger partial charge in [-0.05, 0) is 13.3 Å². The molecule has 0 bridgehead atoms. The van der Waals surface area contributed by atoms with E-state index >= 15 is 0 Å². The summed E-state index contributed by atoms with van der Waals surface area (Å²) in [4.78, 5) is 0. The summed E-state index contributed by atoms with van der Waals surface area (Å²) < 4.78 is 6.05. The first kappa shape index (κ1) is 18.0. The van der Waals surface area contributed by atoms with Gasteiger partial charge in [-0.1, -0.05) is 88.6 Å². The fourth-order valence-electron chi connectivity index (χ4n) is 2.37. The van der Waals surface area contributed by atoms with E-state index < -0.39 is 0 Å². The van der Waals surface area contributed by atoms with Gasteiger partial charge in [-0.15, -0.1) is 0 Å². The van der Waals surface area contributed by atoms with Crippen molar-refractivity contribution < 1.29 is 4.74 Å². The van der Waals surface area contributed by atoms with Crippen molar-refractivity contribution in [2.24, 2.45) is 0 Å². The molecule has 0 N–H and O–H groups in total. The Hall–Kier alpha value is -0.0200. The predicted molar refractivity (Wildman–Crippen MR) is 95.3 cm³/mol. The van der Waals surface area contributed by atoms with Crippen molar-refractivity contribution in [3.05, 3.63) is 28.8 Å². The molecule has 0 aromatic heterocycles. The Kier molecular flexibility index (Phi) is 9.62. The van der Waals surface area contributed by atoms with Crippen LogP contribution in [0.4, 0.5) is 0 Å². The minimum atomic E-state index is 0.829. The number of rotatable bonds is 10. The Labute approximate surface area is 140 Å². The highest BCUT2D eigenvalue weighted by atomic mass is 79.9. The molecule has 0 aliphatic heterocycles. The van der Waals surface area contributed by atoms with Crippen molar-refractivity contribution in [1.29, 1.82) is 0 Å². The predicted octanol–water partition coefficient (Wildman–Crippen LogP) is 6.52. The molecule has 0 fully saturated rings. The molecule has 3 heteroatoms. The fraction of sp³-hybridized carbons (Fsp3) is 0.647. The third-order valence-corrected chi connectivity index (χ3v) is 4.63. The molecular formula is C17H26Br2O. The first-order chi connectivity index (χ1) is 9.72. The van der Waals surface area contributed by atoms with Gasteiger partial charge in [-0.3, -0.25) is 0 Å². The molecule has 1 aromatic rings. The molecule has 0 heterocycles. The average Bonchev–Trinajstić information content (AvgIpc) is 2.46. The molecule has 0 saturated carbocycles. The lowest BCUT2D eigenvalue weighted by molar-refractivity contribution is 0.300. The number of unbranched alkanes of at least 4 members (excludes halogenated alkanes) is 5. The summed E-state index contributed by atoms with van der Waals surface area (Å²) in [7, 11) is 0. The van der Waals surface area contributed by atoms with Gasteiger partial charge in [0, 0.05) is 21.8 Å². The first-order valence-electron chi connectivity index (χ1n) is 7.60. The van der Waals surface area contributed by atoms with E-state index in [4.69, 9.17) is 4.74 Å². The van der Waals surface area contributed by atoms with Gasteiger partial charge in [0.25, 0.3) is 0 Å².